The Bertz CT molecular complexity index is 527. The second-order valence-corrected chi connectivity index (χ2v) is 3.82. The van der Waals surface area contributed by atoms with Gasteiger partial charge in [0.25, 0.3) is 0 Å². The van der Waals surface area contributed by atoms with Gasteiger partial charge in [0.2, 0.25) is 5.95 Å². The van der Waals surface area contributed by atoms with E-state index < -0.39 is 13.1 Å². The first kappa shape index (κ1) is 11.0. The fraction of sp³-hybridized carbons (Fsp3) is 0.333. The van der Waals surface area contributed by atoms with Crippen molar-refractivity contribution in [3.8, 4) is 0 Å². The molecule has 0 saturated carbocycles. The molecule has 0 unspecified atom stereocenters. The van der Waals surface area contributed by atoms with Gasteiger partial charge in [-0.05, 0) is 19.9 Å². The van der Waals surface area contributed by atoms with Crippen molar-refractivity contribution in [3.63, 3.8) is 0 Å². The Labute approximate surface area is 91.7 Å². The summed E-state index contributed by atoms with van der Waals surface area (Å²) in [6.07, 6.45) is 1.51. The third kappa shape index (κ3) is 1.68. The van der Waals surface area contributed by atoms with Crippen LogP contribution in [0.1, 0.15) is 19.9 Å². The van der Waals surface area contributed by atoms with Crippen LogP contribution in [-0.4, -0.2) is 31.7 Å². The van der Waals surface area contributed by atoms with E-state index in [1.165, 1.54) is 12.4 Å². The van der Waals surface area contributed by atoms with Gasteiger partial charge in [-0.25, -0.2) is 9.97 Å². The fourth-order valence-electron chi connectivity index (χ4n) is 1.55. The number of imidazole rings is 1. The first-order valence-electron chi connectivity index (χ1n) is 4.90. The van der Waals surface area contributed by atoms with E-state index >= 15 is 0 Å². The van der Waals surface area contributed by atoms with Gasteiger partial charge in [-0.1, -0.05) is 0 Å². The van der Waals surface area contributed by atoms with E-state index in [4.69, 9.17) is 10.0 Å². The van der Waals surface area contributed by atoms with Gasteiger partial charge in [-0.3, -0.25) is 0 Å². The van der Waals surface area contributed by atoms with E-state index in [0.29, 0.717) is 5.52 Å². The molecule has 0 aliphatic heterocycles. The SMILES string of the molecule is CC(C)n1cnc2c(F)nc(B(O)O)cc21. The fourth-order valence-corrected chi connectivity index (χ4v) is 1.55. The summed E-state index contributed by atoms with van der Waals surface area (Å²) in [7, 11) is -1.78. The second kappa shape index (κ2) is 3.84. The average molecular weight is 223 g/mol. The lowest BCUT2D eigenvalue weighted by molar-refractivity contribution is 0.423. The molecule has 7 heteroatoms. The van der Waals surface area contributed by atoms with E-state index in [1.54, 1.807) is 4.57 Å². The van der Waals surface area contributed by atoms with Crippen molar-refractivity contribution in [1.29, 1.82) is 0 Å². The van der Waals surface area contributed by atoms with Crippen molar-refractivity contribution < 1.29 is 14.4 Å². The highest BCUT2D eigenvalue weighted by Gasteiger charge is 2.19. The lowest BCUT2D eigenvalue weighted by Crippen LogP contribution is -2.33. The van der Waals surface area contributed by atoms with Gasteiger partial charge in [0.1, 0.15) is 5.52 Å². The van der Waals surface area contributed by atoms with Crippen LogP contribution < -0.4 is 5.59 Å². The second-order valence-electron chi connectivity index (χ2n) is 3.82. The van der Waals surface area contributed by atoms with Crippen LogP contribution in [0.15, 0.2) is 12.4 Å². The maximum Gasteiger partial charge on any atom is 0.508 e. The van der Waals surface area contributed by atoms with E-state index in [1.807, 2.05) is 13.8 Å². The van der Waals surface area contributed by atoms with Gasteiger partial charge in [-0.15, -0.1) is 0 Å². The summed E-state index contributed by atoms with van der Waals surface area (Å²) in [6, 6.07) is 1.53. The number of hydrogen-bond donors (Lipinski definition) is 2. The maximum absolute atomic E-state index is 13.5. The average Bonchev–Trinajstić information content (AvgIpc) is 2.61. The van der Waals surface area contributed by atoms with Crippen LogP contribution in [-0.2, 0) is 0 Å². The molecule has 2 heterocycles. The predicted molar refractivity (Wildman–Crippen MR) is 57.7 cm³/mol. The van der Waals surface area contributed by atoms with Crippen LogP contribution >= 0.6 is 0 Å². The minimum Gasteiger partial charge on any atom is -0.422 e. The van der Waals surface area contributed by atoms with Crippen molar-refractivity contribution in [1.82, 2.24) is 14.5 Å². The quantitative estimate of drug-likeness (QED) is 0.547. The predicted octanol–water partition coefficient (Wildman–Crippen LogP) is -0.169. The third-order valence-corrected chi connectivity index (χ3v) is 2.36. The van der Waals surface area contributed by atoms with Crippen molar-refractivity contribution >= 4 is 23.7 Å². The Hall–Kier alpha value is -1.47. The summed E-state index contributed by atoms with van der Waals surface area (Å²) < 4.78 is 15.2. The van der Waals surface area contributed by atoms with Crippen molar-refractivity contribution in [3.05, 3.63) is 18.3 Å². The molecule has 0 fully saturated rings. The number of aromatic nitrogens is 3. The van der Waals surface area contributed by atoms with Crippen molar-refractivity contribution in [2.24, 2.45) is 0 Å². The van der Waals surface area contributed by atoms with Gasteiger partial charge < -0.3 is 14.6 Å². The standard InChI is InChI=1S/C9H11BFN3O2/c1-5(2)14-4-12-8-6(14)3-7(10(15)16)13-9(8)11/h3-5,15-16H,1-2H3. The van der Waals surface area contributed by atoms with Gasteiger partial charge in [0, 0.05) is 6.04 Å². The number of hydrogen-bond acceptors (Lipinski definition) is 4. The molecular formula is C9H11BFN3O2. The maximum atomic E-state index is 13.5. The highest BCUT2D eigenvalue weighted by Crippen LogP contribution is 2.17. The summed E-state index contributed by atoms with van der Waals surface area (Å²) in [5.41, 5.74) is 0.524. The topological polar surface area (TPSA) is 71.2 Å². The molecule has 2 aromatic heterocycles. The van der Waals surface area contributed by atoms with Gasteiger partial charge >= 0.3 is 7.12 Å². The van der Waals surface area contributed by atoms with Crippen LogP contribution in [0.3, 0.4) is 0 Å². The molecule has 0 radical (unpaired) electrons. The summed E-state index contributed by atoms with van der Waals surface area (Å²) in [5, 5.41) is 17.9. The van der Waals surface area contributed by atoms with Crippen LogP contribution in [0.4, 0.5) is 4.39 Å². The molecule has 0 bridgehead atoms. The molecular weight excluding hydrogens is 212 g/mol. The van der Waals surface area contributed by atoms with Gasteiger partial charge in [0.05, 0.1) is 17.4 Å². The Morgan fingerprint density at radius 2 is 2.12 bits per heavy atom. The van der Waals surface area contributed by atoms with Crippen molar-refractivity contribution in [2.75, 3.05) is 0 Å². The molecule has 0 amide bonds. The number of fused-ring (bicyclic) bond motifs is 1. The van der Waals surface area contributed by atoms with Crippen LogP contribution in [0.25, 0.3) is 11.0 Å². The van der Waals surface area contributed by atoms with E-state index in [9.17, 15) is 4.39 Å². The smallest absolute Gasteiger partial charge is 0.422 e. The largest absolute Gasteiger partial charge is 0.508 e. The summed E-state index contributed by atoms with van der Waals surface area (Å²) in [5.74, 6) is -0.792. The number of nitrogens with zero attached hydrogens (tertiary/aromatic N) is 3. The van der Waals surface area contributed by atoms with E-state index in [0.717, 1.165) is 0 Å². The Balaban J connectivity index is 2.71. The summed E-state index contributed by atoms with van der Waals surface area (Å²) in [6.45, 7) is 3.85. The zero-order valence-corrected chi connectivity index (χ0v) is 8.92. The molecule has 5 nitrogen and oxygen atoms in total. The lowest BCUT2D eigenvalue weighted by atomic mass is 9.85. The molecule has 2 rings (SSSR count). The van der Waals surface area contributed by atoms with Gasteiger partial charge in [0.15, 0.2) is 0 Å². The Kier molecular flexibility index (Phi) is 2.65. The monoisotopic (exact) mass is 223 g/mol. The van der Waals surface area contributed by atoms with E-state index in [2.05, 4.69) is 9.97 Å². The zero-order valence-electron chi connectivity index (χ0n) is 8.92. The first-order chi connectivity index (χ1) is 7.50. The highest BCUT2D eigenvalue weighted by atomic mass is 19.1. The Morgan fingerprint density at radius 3 is 2.69 bits per heavy atom. The number of rotatable bonds is 2. The molecule has 0 aromatic carbocycles. The molecule has 0 spiro atoms. The normalized spacial score (nSPS) is 11.4. The minimum absolute atomic E-state index is 0.107. The molecule has 0 aliphatic carbocycles. The summed E-state index contributed by atoms with van der Waals surface area (Å²) >= 11 is 0. The first-order valence-corrected chi connectivity index (χ1v) is 4.90. The minimum atomic E-state index is -1.78. The summed E-state index contributed by atoms with van der Waals surface area (Å²) in [4.78, 5) is 7.33. The van der Waals surface area contributed by atoms with Crippen molar-refractivity contribution in [2.45, 2.75) is 19.9 Å². The van der Waals surface area contributed by atoms with Gasteiger partial charge in [-0.2, -0.15) is 4.39 Å². The number of pyridine rings is 1. The third-order valence-electron chi connectivity index (χ3n) is 2.36. The zero-order chi connectivity index (χ0) is 11.9. The molecule has 0 aliphatic rings. The lowest BCUT2D eigenvalue weighted by Gasteiger charge is -2.08. The molecule has 0 saturated heterocycles. The number of halogens is 1. The molecule has 0 atom stereocenters. The van der Waals surface area contributed by atoms with Crippen LogP contribution in [0.5, 0.6) is 0 Å². The molecule has 2 aromatic rings. The molecule has 16 heavy (non-hydrogen) atoms. The van der Waals surface area contributed by atoms with Crippen LogP contribution in [0, 0.1) is 5.95 Å². The Morgan fingerprint density at radius 1 is 1.44 bits per heavy atom. The highest BCUT2D eigenvalue weighted by molar-refractivity contribution is 6.57. The molecule has 2 N–H and O–H groups in total. The van der Waals surface area contributed by atoms with E-state index in [-0.39, 0.29) is 17.2 Å². The van der Waals surface area contributed by atoms with Crippen LogP contribution in [0.2, 0.25) is 0 Å². The molecule has 84 valence electrons.